The lowest BCUT2D eigenvalue weighted by Crippen LogP contribution is -2.36. The van der Waals surface area contributed by atoms with Crippen molar-refractivity contribution >= 4 is 52.1 Å². The lowest BCUT2D eigenvalue weighted by Gasteiger charge is -2.28. The Morgan fingerprint density at radius 1 is 1.28 bits per heavy atom. The van der Waals surface area contributed by atoms with Gasteiger partial charge in [-0.15, -0.1) is 11.3 Å². The molecule has 0 amide bonds. The molecule has 0 radical (unpaired) electrons. The number of fused-ring (bicyclic) bond motifs is 1. The van der Waals surface area contributed by atoms with Gasteiger partial charge in [0.15, 0.2) is 0 Å². The molecule has 7 nitrogen and oxygen atoms in total. The Balaban J connectivity index is 1.62. The number of hydrogen-bond acceptors (Lipinski definition) is 8. The fourth-order valence-corrected chi connectivity index (χ4v) is 4.73. The molecule has 1 aliphatic rings. The molecule has 1 N–H and O–H groups in total. The van der Waals surface area contributed by atoms with Crippen LogP contribution in [0.15, 0.2) is 34.1 Å². The molecular weight excluding hydrogens is 499 g/mol. The van der Waals surface area contributed by atoms with E-state index in [9.17, 15) is 19.4 Å². The SMILES string of the molecule is CC(C)(C)C(=O)OCOC(=O)c1cccc2c1OB(O)[C@@H](CC(=O)Cc1cc(Br)cs1)C2. The molecule has 0 saturated heterocycles. The number of para-hydroxylation sites is 1. The van der Waals surface area contributed by atoms with Gasteiger partial charge in [-0.2, -0.15) is 0 Å². The predicted octanol–water partition coefficient (Wildman–Crippen LogP) is 4.20. The van der Waals surface area contributed by atoms with Gasteiger partial charge < -0.3 is 19.2 Å². The number of esters is 2. The molecule has 170 valence electrons. The lowest BCUT2D eigenvalue weighted by molar-refractivity contribution is -0.161. The smallest absolute Gasteiger partial charge is 0.526 e. The lowest BCUT2D eigenvalue weighted by atomic mass is 9.64. The van der Waals surface area contributed by atoms with Gasteiger partial charge in [-0.05, 0) is 60.8 Å². The number of thiophene rings is 1. The fraction of sp³-hybridized carbons (Fsp3) is 0.409. The molecule has 0 unspecified atom stereocenters. The Hall–Kier alpha value is -2.17. The molecule has 0 bridgehead atoms. The van der Waals surface area contributed by atoms with Gasteiger partial charge >= 0.3 is 19.1 Å². The summed E-state index contributed by atoms with van der Waals surface area (Å²) in [5.41, 5.74) is 0.118. The van der Waals surface area contributed by atoms with E-state index in [-0.39, 0.29) is 23.5 Å². The third kappa shape index (κ3) is 6.21. The summed E-state index contributed by atoms with van der Waals surface area (Å²) in [5, 5.41) is 12.4. The molecule has 32 heavy (non-hydrogen) atoms. The number of carbonyl (C=O) groups excluding carboxylic acids is 3. The molecular formula is C22H24BBrO7S. The van der Waals surface area contributed by atoms with E-state index in [2.05, 4.69) is 15.9 Å². The van der Waals surface area contributed by atoms with Crippen molar-refractivity contribution in [1.82, 2.24) is 0 Å². The highest BCUT2D eigenvalue weighted by atomic mass is 79.9. The van der Waals surface area contributed by atoms with Crippen molar-refractivity contribution < 1.29 is 33.5 Å². The first kappa shape index (κ1) is 24.5. The Morgan fingerprint density at radius 2 is 2.03 bits per heavy atom. The third-order valence-corrected chi connectivity index (χ3v) is 6.61. The summed E-state index contributed by atoms with van der Waals surface area (Å²) in [4.78, 5) is 37.7. The molecule has 1 aliphatic heterocycles. The van der Waals surface area contributed by atoms with Gasteiger partial charge in [-0.1, -0.05) is 12.1 Å². The molecule has 0 aliphatic carbocycles. The van der Waals surface area contributed by atoms with Crippen molar-refractivity contribution in [2.45, 2.75) is 45.9 Å². The van der Waals surface area contributed by atoms with Gasteiger partial charge in [0.05, 0.1) is 5.41 Å². The van der Waals surface area contributed by atoms with E-state index in [4.69, 9.17) is 14.1 Å². The van der Waals surface area contributed by atoms with E-state index in [1.807, 2.05) is 11.4 Å². The zero-order chi connectivity index (χ0) is 23.5. The van der Waals surface area contributed by atoms with Crippen LogP contribution < -0.4 is 4.65 Å². The Kier molecular flexibility index (Phi) is 7.79. The molecule has 0 spiro atoms. The molecule has 0 saturated carbocycles. The van der Waals surface area contributed by atoms with E-state index in [1.165, 1.54) is 17.4 Å². The van der Waals surface area contributed by atoms with Crippen LogP contribution in [0.25, 0.3) is 0 Å². The van der Waals surface area contributed by atoms with Crippen LogP contribution in [-0.4, -0.2) is 36.7 Å². The summed E-state index contributed by atoms with van der Waals surface area (Å²) in [6.45, 7) is 4.57. The van der Waals surface area contributed by atoms with Gasteiger partial charge in [-0.3, -0.25) is 9.59 Å². The monoisotopic (exact) mass is 522 g/mol. The number of benzene rings is 1. The molecule has 1 aromatic heterocycles. The molecule has 1 atom stereocenters. The second kappa shape index (κ2) is 10.2. The van der Waals surface area contributed by atoms with Crippen LogP contribution in [0.2, 0.25) is 5.82 Å². The zero-order valence-corrected chi connectivity index (χ0v) is 20.5. The topological polar surface area (TPSA) is 99.1 Å². The minimum Gasteiger partial charge on any atom is -0.535 e. The molecule has 2 heterocycles. The second-order valence-corrected chi connectivity index (χ2v) is 10.6. The van der Waals surface area contributed by atoms with Crippen LogP contribution >= 0.6 is 27.3 Å². The number of hydrogen-bond donors (Lipinski definition) is 1. The predicted molar refractivity (Wildman–Crippen MR) is 124 cm³/mol. The van der Waals surface area contributed by atoms with Crippen molar-refractivity contribution in [2.24, 2.45) is 5.41 Å². The second-order valence-electron chi connectivity index (χ2n) is 8.65. The average molecular weight is 523 g/mol. The standard InChI is InChI=1S/C22H24BBrO7S/c1-22(2,3)21(27)30-12-29-20(26)18-6-4-5-13-7-14(23(28)31-19(13)18)8-16(25)10-17-9-15(24)11-32-17/h4-6,9,11,14,28H,7-8,10,12H2,1-3H3/t14-/m1/s1. The van der Waals surface area contributed by atoms with Crippen LogP contribution in [0.5, 0.6) is 5.75 Å². The molecule has 3 rings (SSSR count). The molecule has 10 heteroatoms. The summed E-state index contributed by atoms with van der Waals surface area (Å²) < 4.78 is 16.6. The van der Waals surface area contributed by atoms with Crippen molar-refractivity contribution in [1.29, 1.82) is 0 Å². The first-order chi connectivity index (χ1) is 15.0. The summed E-state index contributed by atoms with van der Waals surface area (Å²) in [6, 6.07) is 6.88. The van der Waals surface area contributed by atoms with Gasteiger partial charge in [0, 0.05) is 33.4 Å². The van der Waals surface area contributed by atoms with Crippen molar-refractivity contribution in [3.8, 4) is 5.75 Å². The molecule has 0 fully saturated rings. The highest BCUT2D eigenvalue weighted by molar-refractivity contribution is 9.10. The Labute approximate surface area is 199 Å². The quantitative estimate of drug-likeness (QED) is 0.330. The number of ketones is 1. The number of ether oxygens (including phenoxy) is 2. The third-order valence-electron chi connectivity index (χ3n) is 4.92. The first-order valence-corrected chi connectivity index (χ1v) is 11.8. The van der Waals surface area contributed by atoms with E-state index >= 15 is 0 Å². The van der Waals surface area contributed by atoms with Gasteiger partial charge in [0.2, 0.25) is 6.79 Å². The highest BCUT2D eigenvalue weighted by Gasteiger charge is 2.38. The van der Waals surface area contributed by atoms with Gasteiger partial charge in [0.25, 0.3) is 0 Å². The Bertz CT molecular complexity index is 1010. The number of halogens is 1. The summed E-state index contributed by atoms with van der Waals surface area (Å²) in [7, 11) is -1.23. The zero-order valence-electron chi connectivity index (χ0n) is 18.1. The van der Waals surface area contributed by atoms with E-state index < -0.39 is 37.1 Å². The van der Waals surface area contributed by atoms with Crippen LogP contribution in [0, 0.1) is 5.41 Å². The van der Waals surface area contributed by atoms with Gasteiger partial charge in [-0.25, -0.2) is 4.79 Å². The summed E-state index contributed by atoms with van der Waals surface area (Å²) >= 11 is 4.87. The van der Waals surface area contributed by atoms with Gasteiger partial charge in [0.1, 0.15) is 17.1 Å². The minimum absolute atomic E-state index is 0.00618. The number of Topliss-reactive ketones (excluding diaryl/α,β-unsaturated/α-hetero) is 1. The van der Waals surface area contributed by atoms with Crippen molar-refractivity contribution in [2.75, 3.05) is 6.79 Å². The van der Waals surface area contributed by atoms with E-state index in [0.717, 1.165) is 9.35 Å². The molecule has 1 aromatic carbocycles. The van der Waals surface area contributed by atoms with Crippen LogP contribution in [-0.2, 0) is 31.9 Å². The Morgan fingerprint density at radius 3 is 2.69 bits per heavy atom. The van der Waals surface area contributed by atoms with Crippen molar-refractivity contribution in [3.05, 3.63) is 50.1 Å². The van der Waals surface area contributed by atoms with Crippen LogP contribution in [0.1, 0.15) is 48.0 Å². The fourth-order valence-electron chi connectivity index (χ4n) is 3.25. The number of carbonyl (C=O) groups is 3. The largest absolute Gasteiger partial charge is 0.535 e. The van der Waals surface area contributed by atoms with E-state index in [0.29, 0.717) is 18.4 Å². The summed E-state index contributed by atoms with van der Waals surface area (Å²) in [6.07, 6.45) is 0.843. The maximum atomic E-state index is 12.5. The summed E-state index contributed by atoms with van der Waals surface area (Å²) in [5.74, 6) is -1.41. The van der Waals surface area contributed by atoms with Crippen LogP contribution in [0.3, 0.4) is 0 Å². The minimum atomic E-state index is -1.23. The maximum absolute atomic E-state index is 12.5. The first-order valence-electron chi connectivity index (χ1n) is 10.1. The highest BCUT2D eigenvalue weighted by Crippen LogP contribution is 2.37. The molecule has 2 aromatic rings. The van der Waals surface area contributed by atoms with Crippen molar-refractivity contribution in [3.63, 3.8) is 0 Å². The van der Waals surface area contributed by atoms with Crippen LogP contribution in [0.4, 0.5) is 0 Å². The normalized spacial score (nSPS) is 15.5. The van der Waals surface area contributed by atoms with E-state index in [1.54, 1.807) is 32.9 Å². The average Bonchev–Trinajstić information content (AvgIpc) is 3.11. The maximum Gasteiger partial charge on any atom is 0.526 e. The number of rotatable bonds is 7.